The minimum Gasteiger partial charge on any atom is -0.507 e. The van der Waals surface area contributed by atoms with E-state index in [1.165, 1.54) is 17.2 Å². The maximum atomic E-state index is 15.0. The van der Waals surface area contributed by atoms with E-state index < -0.39 is 23.5 Å². The SMILES string of the molecule is Cc1c(C(O)=C2C(=O)C(=O)N(CCN3CCOCC3)[C@H]2c2ccccc2F)cnn1-c1ccccc1. The monoisotopic (exact) mass is 490 g/mol. The summed E-state index contributed by atoms with van der Waals surface area (Å²) in [5.74, 6) is -2.51. The molecular weight excluding hydrogens is 463 g/mol. The van der Waals surface area contributed by atoms with Crippen molar-refractivity contribution in [2.24, 2.45) is 0 Å². The van der Waals surface area contributed by atoms with Gasteiger partial charge in [0.25, 0.3) is 11.7 Å². The zero-order valence-corrected chi connectivity index (χ0v) is 19.9. The minimum atomic E-state index is -1.05. The fourth-order valence-electron chi connectivity index (χ4n) is 4.82. The van der Waals surface area contributed by atoms with Crippen LogP contribution < -0.4 is 0 Å². The Morgan fingerprint density at radius 2 is 1.75 bits per heavy atom. The Hall–Kier alpha value is -3.82. The van der Waals surface area contributed by atoms with E-state index in [4.69, 9.17) is 4.74 Å². The second kappa shape index (κ2) is 10.0. The first-order valence-electron chi connectivity index (χ1n) is 11.9. The second-order valence-corrected chi connectivity index (χ2v) is 8.86. The van der Waals surface area contributed by atoms with Gasteiger partial charge in [0.15, 0.2) is 0 Å². The smallest absolute Gasteiger partial charge is 0.295 e. The van der Waals surface area contributed by atoms with Crippen molar-refractivity contribution in [2.75, 3.05) is 39.4 Å². The molecule has 3 aromatic rings. The van der Waals surface area contributed by atoms with Gasteiger partial charge in [-0.1, -0.05) is 36.4 Å². The van der Waals surface area contributed by atoms with Crippen LogP contribution in [0.25, 0.3) is 11.4 Å². The van der Waals surface area contributed by atoms with E-state index in [2.05, 4.69) is 10.00 Å². The van der Waals surface area contributed by atoms with Gasteiger partial charge in [-0.25, -0.2) is 9.07 Å². The lowest BCUT2D eigenvalue weighted by atomic mass is 9.95. The Kier molecular flexibility index (Phi) is 6.67. The Bertz CT molecular complexity index is 1310. The van der Waals surface area contributed by atoms with Crippen LogP contribution in [0.15, 0.2) is 66.4 Å². The van der Waals surface area contributed by atoms with E-state index in [1.807, 2.05) is 30.3 Å². The molecule has 1 N–H and O–H groups in total. The standard InChI is InChI=1S/C27H27FN4O4/c1-18-21(17-29-32(18)19-7-3-2-4-8-19)25(33)23-24(20-9-5-6-10-22(20)28)31(27(35)26(23)34)12-11-30-13-15-36-16-14-30/h2-10,17,24,33H,11-16H2,1H3/t24-/m0/s1. The molecule has 1 amide bonds. The van der Waals surface area contributed by atoms with Crippen molar-refractivity contribution < 1.29 is 23.8 Å². The molecule has 2 aliphatic rings. The maximum Gasteiger partial charge on any atom is 0.295 e. The van der Waals surface area contributed by atoms with Gasteiger partial charge < -0.3 is 14.7 Å². The van der Waals surface area contributed by atoms with Gasteiger partial charge in [-0.3, -0.25) is 14.5 Å². The number of aliphatic hydroxyl groups is 1. The Morgan fingerprint density at radius 3 is 2.47 bits per heavy atom. The number of rotatable bonds is 6. The molecule has 5 rings (SSSR count). The van der Waals surface area contributed by atoms with E-state index in [1.54, 1.807) is 29.8 Å². The van der Waals surface area contributed by atoms with Gasteiger partial charge in [-0.05, 0) is 25.1 Å². The van der Waals surface area contributed by atoms with Crippen molar-refractivity contribution in [1.82, 2.24) is 19.6 Å². The topological polar surface area (TPSA) is 87.9 Å². The van der Waals surface area contributed by atoms with Crippen LogP contribution in [0.5, 0.6) is 0 Å². The van der Waals surface area contributed by atoms with Crippen molar-refractivity contribution in [3.8, 4) is 5.69 Å². The molecule has 0 aliphatic carbocycles. The molecule has 0 saturated carbocycles. The summed E-state index contributed by atoms with van der Waals surface area (Å²) in [6.45, 7) is 5.11. The number of aromatic nitrogens is 2. The van der Waals surface area contributed by atoms with Crippen LogP contribution in [0.4, 0.5) is 4.39 Å². The van der Waals surface area contributed by atoms with Gasteiger partial charge in [0.2, 0.25) is 0 Å². The molecular formula is C27H27FN4O4. The molecule has 2 aliphatic heterocycles. The van der Waals surface area contributed by atoms with Crippen LogP contribution in [-0.2, 0) is 14.3 Å². The number of amides is 1. The third-order valence-electron chi connectivity index (χ3n) is 6.77. The average molecular weight is 491 g/mol. The third kappa shape index (κ3) is 4.31. The predicted molar refractivity (Wildman–Crippen MR) is 131 cm³/mol. The highest BCUT2D eigenvalue weighted by Gasteiger charge is 2.47. The van der Waals surface area contributed by atoms with Crippen molar-refractivity contribution in [3.63, 3.8) is 0 Å². The van der Waals surface area contributed by atoms with E-state index >= 15 is 4.39 Å². The van der Waals surface area contributed by atoms with E-state index in [9.17, 15) is 14.7 Å². The molecule has 0 bridgehead atoms. The zero-order valence-electron chi connectivity index (χ0n) is 19.9. The number of para-hydroxylation sites is 1. The lowest BCUT2D eigenvalue weighted by Crippen LogP contribution is -2.42. The summed E-state index contributed by atoms with van der Waals surface area (Å²) in [6, 6.07) is 14.3. The first-order chi connectivity index (χ1) is 17.5. The number of benzene rings is 2. The molecule has 1 aromatic heterocycles. The number of aliphatic hydroxyl groups excluding tert-OH is 1. The molecule has 2 aromatic carbocycles. The molecule has 0 spiro atoms. The number of hydrogen-bond acceptors (Lipinski definition) is 6. The highest BCUT2D eigenvalue weighted by molar-refractivity contribution is 6.46. The van der Waals surface area contributed by atoms with Crippen LogP contribution in [0, 0.1) is 12.7 Å². The van der Waals surface area contributed by atoms with Crippen molar-refractivity contribution >= 4 is 17.4 Å². The summed E-state index contributed by atoms with van der Waals surface area (Å²) in [7, 11) is 0. The van der Waals surface area contributed by atoms with Crippen LogP contribution in [0.2, 0.25) is 0 Å². The van der Waals surface area contributed by atoms with Gasteiger partial charge in [0.05, 0.1) is 48.0 Å². The Balaban J connectivity index is 1.57. The molecule has 2 saturated heterocycles. The molecule has 3 heterocycles. The minimum absolute atomic E-state index is 0.136. The fourth-order valence-corrected chi connectivity index (χ4v) is 4.82. The second-order valence-electron chi connectivity index (χ2n) is 8.86. The third-order valence-corrected chi connectivity index (χ3v) is 6.77. The van der Waals surface area contributed by atoms with Crippen LogP contribution in [0.3, 0.4) is 0 Å². The Morgan fingerprint density at radius 1 is 1.06 bits per heavy atom. The molecule has 1 atom stereocenters. The number of morpholine rings is 1. The van der Waals surface area contributed by atoms with Crippen LogP contribution >= 0.6 is 0 Å². The van der Waals surface area contributed by atoms with Gasteiger partial charge in [0, 0.05) is 31.7 Å². The summed E-state index contributed by atoms with van der Waals surface area (Å²) < 4.78 is 22.0. The lowest BCUT2D eigenvalue weighted by molar-refractivity contribution is -0.140. The molecule has 0 radical (unpaired) electrons. The first kappa shape index (κ1) is 23.9. The largest absolute Gasteiger partial charge is 0.507 e. The average Bonchev–Trinajstić information content (AvgIpc) is 3.41. The zero-order chi connectivity index (χ0) is 25.2. The van der Waals surface area contributed by atoms with E-state index in [-0.39, 0.29) is 23.4 Å². The number of hydrogen-bond donors (Lipinski definition) is 1. The molecule has 8 nitrogen and oxygen atoms in total. The van der Waals surface area contributed by atoms with Gasteiger partial charge in [0.1, 0.15) is 11.6 Å². The molecule has 2 fully saturated rings. The number of carbonyl (C=O) groups is 2. The summed E-state index contributed by atoms with van der Waals surface area (Å²) in [5.41, 5.74) is 1.71. The predicted octanol–water partition coefficient (Wildman–Crippen LogP) is 3.07. The number of likely N-dealkylation sites (tertiary alicyclic amines) is 1. The maximum absolute atomic E-state index is 15.0. The Labute approximate surface area is 208 Å². The van der Waals surface area contributed by atoms with E-state index in [0.29, 0.717) is 44.1 Å². The summed E-state index contributed by atoms with van der Waals surface area (Å²) in [6.07, 6.45) is 1.46. The van der Waals surface area contributed by atoms with Crippen molar-refractivity contribution in [2.45, 2.75) is 13.0 Å². The number of ether oxygens (including phenoxy) is 1. The lowest BCUT2D eigenvalue weighted by Gasteiger charge is -2.31. The number of carbonyl (C=O) groups excluding carboxylic acids is 2. The van der Waals surface area contributed by atoms with Crippen LogP contribution in [0.1, 0.15) is 22.9 Å². The first-order valence-corrected chi connectivity index (χ1v) is 11.9. The molecule has 9 heteroatoms. The number of halogens is 1. The van der Waals surface area contributed by atoms with Gasteiger partial charge in [-0.2, -0.15) is 5.10 Å². The highest BCUT2D eigenvalue weighted by Crippen LogP contribution is 2.40. The fraction of sp³-hybridized carbons (Fsp3) is 0.296. The number of nitrogens with zero attached hydrogens (tertiary/aromatic N) is 4. The quantitative estimate of drug-likeness (QED) is 0.325. The van der Waals surface area contributed by atoms with Crippen molar-refractivity contribution in [1.29, 1.82) is 0 Å². The molecule has 0 unspecified atom stereocenters. The van der Waals surface area contributed by atoms with Crippen LogP contribution in [-0.4, -0.2) is 75.8 Å². The number of ketones is 1. The summed E-state index contributed by atoms with van der Waals surface area (Å²) >= 11 is 0. The van der Waals surface area contributed by atoms with Gasteiger partial charge in [-0.15, -0.1) is 0 Å². The van der Waals surface area contributed by atoms with Gasteiger partial charge >= 0.3 is 0 Å². The highest BCUT2D eigenvalue weighted by atomic mass is 19.1. The molecule has 36 heavy (non-hydrogen) atoms. The summed E-state index contributed by atoms with van der Waals surface area (Å²) in [4.78, 5) is 29.9. The normalized spacial score (nSPS) is 20.3. The number of Topliss-reactive ketones (excluding diaryl/α,β-unsaturated/α-hetero) is 1. The molecule has 186 valence electrons. The van der Waals surface area contributed by atoms with E-state index in [0.717, 1.165) is 5.69 Å². The van der Waals surface area contributed by atoms with Crippen molar-refractivity contribution in [3.05, 3.63) is 89.0 Å². The summed E-state index contributed by atoms with van der Waals surface area (Å²) in [5, 5.41) is 15.8.